The number of fused-ring (bicyclic) bond motifs is 1. The molecule has 0 unspecified atom stereocenters. The number of hydrogen-bond acceptors (Lipinski definition) is 5. The van der Waals surface area contributed by atoms with Gasteiger partial charge in [-0.05, 0) is 39.5 Å². The number of rotatable bonds is 6. The van der Waals surface area contributed by atoms with E-state index in [1.807, 2.05) is 4.90 Å². The van der Waals surface area contributed by atoms with Crippen LogP contribution in [0.2, 0.25) is 0 Å². The first-order valence-electron chi connectivity index (χ1n) is 10.5. The van der Waals surface area contributed by atoms with E-state index < -0.39 is 10.0 Å². The second-order valence-corrected chi connectivity index (χ2v) is 10.7. The summed E-state index contributed by atoms with van der Waals surface area (Å²) in [5, 5.41) is 8.40. The number of hydrogen-bond donors (Lipinski definition) is 0. The average Bonchev–Trinajstić information content (AvgIpc) is 3.12. The van der Waals surface area contributed by atoms with Gasteiger partial charge in [-0.3, -0.25) is 4.79 Å². The smallest absolute Gasteiger partial charge is 0.226 e. The zero-order valence-electron chi connectivity index (χ0n) is 17.5. The zero-order valence-corrected chi connectivity index (χ0v) is 18.3. The number of nitrogens with zero attached hydrogens (tertiary/aromatic N) is 5. The van der Waals surface area contributed by atoms with Crippen molar-refractivity contribution in [2.45, 2.75) is 77.6 Å². The van der Waals surface area contributed by atoms with E-state index in [-0.39, 0.29) is 23.0 Å². The number of piperidine rings is 1. The summed E-state index contributed by atoms with van der Waals surface area (Å²) in [6.45, 7) is 10.6. The molecule has 1 fully saturated rings. The van der Waals surface area contributed by atoms with E-state index in [1.54, 1.807) is 18.2 Å². The Balaban J connectivity index is 1.66. The highest BCUT2D eigenvalue weighted by atomic mass is 32.2. The molecular formula is C19H33N5O3S. The molecule has 1 aromatic heterocycles. The van der Waals surface area contributed by atoms with Crippen molar-refractivity contribution >= 4 is 15.9 Å². The van der Waals surface area contributed by atoms with Crippen LogP contribution in [-0.2, 0) is 27.9 Å². The predicted molar refractivity (Wildman–Crippen MR) is 107 cm³/mol. The van der Waals surface area contributed by atoms with Crippen molar-refractivity contribution < 1.29 is 13.2 Å². The largest absolute Gasteiger partial charge is 0.333 e. The average molecular weight is 412 g/mol. The molecule has 1 aromatic rings. The normalized spacial score (nSPS) is 19.4. The van der Waals surface area contributed by atoms with Crippen LogP contribution in [-0.4, -0.2) is 63.2 Å². The maximum atomic E-state index is 12.7. The Morgan fingerprint density at radius 3 is 2.29 bits per heavy atom. The van der Waals surface area contributed by atoms with Crippen LogP contribution < -0.4 is 0 Å². The van der Waals surface area contributed by atoms with E-state index in [2.05, 4.69) is 28.6 Å². The quantitative estimate of drug-likeness (QED) is 0.714. The molecule has 8 nitrogen and oxygen atoms in total. The minimum Gasteiger partial charge on any atom is -0.333 e. The Morgan fingerprint density at radius 1 is 1.07 bits per heavy atom. The molecule has 2 aliphatic heterocycles. The van der Waals surface area contributed by atoms with Gasteiger partial charge in [-0.15, -0.1) is 10.2 Å². The minimum absolute atomic E-state index is 0.0844. The van der Waals surface area contributed by atoms with Crippen LogP contribution in [0.4, 0.5) is 0 Å². The molecule has 0 aliphatic carbocycles. The molecule has 0 N–H and O–H groups in total. The maximum Gasteiger partial charge on any atom is 0.226 e. The van der Waals surface area contributed by atoms with Crippen LogP contribution in [0.15, 0.2) is 0 Å². The Bertz CT molecular complexity index is 792. The first kappa shape index (κ1) is 21.2. The summed E-state index contributed by atoms with van der Waals surface area (Å²) in [5.74, 6) is 2.32. The molecule has 158 valence electrons. The summed E-state index contributed by atoms with van der Waals surface area (Å²) in [6.07, 6.45) is 3.25. The first-order chi connectivity index (χ1) is 13.3. The van der Waals surface area contributed by atoms with Crippen LogP contribution in [0, 0.1) is 5.92 Å². The lowest BCUT2D eigenvalue weighted by Gasteiger charge is -2.34. The first-order valence-corrected chi connectivity index (χ1v) is 12.0. The lowest BCUT2D eigenvalue weighted by Crippen LogP contribution is -2.43. The standard InChI is InChI=1S/C19H33N5O3S/c1-5-15(6-2)19(25)22-11-12-24-17(13-22)20-21-18(24)16-7-9-23(10-8-16)28(26,27)14(3)4/h14-16H,5-13H2,1-4H3. The van der Waals surface area contributed by atoms with Gasteiger partial charge in [-0.1, -0.05) is 13.8 Å². The Morgan fingerprint density at radius 2 is 1.71 bits per heavy atom. The third-order valence-electron chi connectivity index (χ3n) is 6.20. The van der Waals surface area contributed by atoms with Gasteiger partial charge in [0.1, 0.15) is 5.82 Å². The zero-order chi connectivity index (χ0) is 20.5. The van der Waals surface area contributed by atoms with Gasteiger partial charge >= 0.3 is 0 Å². The Hall–Kier alpha value is -1.48. The maximum absolute atomic E-state index is 12.7. The van der Waals surface area contributed by atoms with Crippen LogP contribution in [0.1, 0.15) is 70.9 Å². The number of aromatic nitrogens is 3. The highest BCUT2D eigenvalue weighted by Gasteiger charge is 2.34. The number of sulfonamides is 1. The molecule has 0 saturated carbocycles. The summed E-state index contributed by atoms with van der Waals surface area (Å²) in [4.78, 5) is 14.6. The summed E-state index contributed by atoms with van der Waals surface area (Å²) >= 11 is 0. The molecule has 9 heteroatoms. The highest BCUT2D eigenvalue weighted by Crippen LogP contribution is 2.30. The van der Waals surface area contributed by atoms with Gasteiger partial charge in [0.15, 0.2) is 5.82 Å². The minimum atomic E-state index is -3.19. The summed E-state index contributed by atoms with van der Waals surface area (Å²) in [5.41, 5.74) is 0. The van der Waals surface area contributed by atoms with Gasteiger partial charge in [0.25, 0.3) is 0 Å². The molecule has 0 aromatic carbocycles. The third kappa shape index (κ3) is 3.96. The molecule has 0 spiro atoms. The highest BCUT2D eigenvalue weighted by molar-refractivity contribution is 7.89. The lowest BCUT2D eigenvalue weighted by molar-refractivity contribution is -0.137. The van der Waals surface area contributed by atoms with Crippen molar-refractivity contribution in [2.24, 2.45) is 5.92 Å². The van der Waals surface area contributed by atoms with Crippen LogP contribution >= 0.6 is 0 Å². The lowest BCUT2D eigenvalue weighted by atomic mass is 9.97. The SMILES string of the molecule is CCC(CC)C(=O)N1CCn2c(nnc2C2CCN(S(=O)(=O)C(C)C)CC2)C1. The second-order valence-electron chi connectivity index (χ2n) is 8.17. The summed E-state index contributed by atoms with van der Waals surface area (Å²) in [7, 11) is -3.19. The van der Waals surface area contributed by atoms with Crippen LogP contribution in [0.5, 0.6) is 0 Å². The Kier molecular flexibility index (Phi) is 6.44. The van der Waals surface area contributed by atoms with Gasteiger partial charge in [0, 0.05) is 38.0 Å². The second kappa shape index (κ2) is 8.49. The van der Waals surface area contributed by atoms with E-state index >= 15 is 0 Å². The van der Waals surface area contributed by atoms with Crippen molar-refractivity contribution in [1.29, 1.82) is 0 Å². The molecule has 0 atom stereocenters. The van der Waals surface area contributed by atoms with Crippen molar-refractivity contribution in [1.82, 2.24) is 24.0 Å². The molecular weight excluding hydrogens is 378 g/mol. The molecule has 2 aliphatic rings. The van der Waals surface area contributed by atoms with E-state index in [4.69, 9.17) is 0 Å². The Labute approximate surface area is 168 Å². The molecule has 3 rings (SSSR count). The van der Waals surface area contributed by atoms with Crippen molar-refractivity contribution in [3.05, 3.63) is 11.6 Å². The monoisotopic (exact) mass is 411 g/mol. The van der Waals surface area contributed by atoms with Crippen molar-refractivity contribution in [2.75, 3.05) is 19.6 Å². The fourth-order valence-electron chi connectivity index (χ4n) is 4.23. The fraction of sp³-hybridized carbons (Fsp3) is 0.842. The fourth-order valence-corrected chi connectivity index (χ4v) is 5.55. The molecule has 1 saturated heterocycles. The summed E-state index contributed by atoms with van der Waals surface area (Å²) < 4.78 is 28.5. The van der Waals surface area contributed by atoms with Gasteiger partial charge < -0.3 is 9.47 Å². The third-order valence-corrected chi connectivity index (χ3v) is 8.48. The topological polar surface area (TPSA) is 88.4 Å². The molecule has 0 bridgehead atoms. The van der Waals surface area contributed by atoms with E-state index in [1.165, 1.54) is 0 Å². The molecule has 3 heterocycles. The predicted octanol–water partition coefficient (Wildman–Crippen LogP) is 1.97. The van der Waals surface area contributed by atoms with Gasteiger partial charge in [0.2, 0.25) is 15.9 Å². The van der Waals surface area contributed by atoms with E-state index in [0.717, 1.165) is 37.3 Å². The van der Waals surface area contributed by atoms with Gasteiger partial charge in [0.05, 0.1) is 11.8 Å². The molecule has 1 amide bonds. The summed E-state index contributed by atoms with van der Waals surface area (Å²) in [6, 6.07) is 0. The van der Waals surface area contributed by atoms with E-state index in [9.17, 15) is 13.2 Å². The number of carbonyl (C=O) groups is 1. The van der Waals surface area contributed by atoms with Crippen molar-refractivity contribution in [3.63, 3.8) is 0 Å². The molecule has 28 heavy (non-hydrogen) atoms. The number of amides is 1. The van der Waals surface area contributed by atoms with Crippen molar-refractivity contribution in [3.8, 4) is 0 Å². The van der Waals surface area contributed by atoms with Crippen LogP contribution in [0.3, 0.4) is 0 Å². The van der Waals surface area contributed by atoms with Crippen LogP contribution in [0.25, 0.3) is 0 Å². The van der Waals surface area contributed by atoms with Gasteiger partial charge in [-0.2, -0.15) is 0 Å². The molecule has 0 radical (unpaired) electrons. The number of carbonyl (C=O) groups excluding carboxylic acids is 1. The van der Waals surface area contributed by atoms with E-state index in [0.29, 0.717) is 32.7 Å². The van der Waals surface area contributed by atoms with Gasteiger partial charge in [-0.25, -0.2) is 12.7 Å².